The number of aryl methyl sites for hydroxylation is 2. The Kier molecular flexibility index (Phi) is 4.88. The molecule has 0 bridgehead atoms. The van der Waals surface area contributed by atoms with Crippen molar-refractivity contribution in [3.8, 4) is 0 Å². The van der Waals surface area contributed by atoms with Crippen molar-refractivity contribution < 1.29 is 9.59 Å². The van der Waals surface area contributed by atoms with Crippen LogP contribution in [0.15, 0.2) is 0 Å². The van der Waals surface area contributed by atoms with Crippen LogP contribution in [-0.4, -0.2) is 34.6 Å². The van der Waals surface area contributed by atoms with Crippen LogP contribution in [-0.2, 0) is 4.79 Å². The Morgan fingerprint density at radius 1 is 1.39 bits per heavy atom. The molecule has 0 spiro atoms. The van der Waals surface area contributed by atoms with Gasteiger partial charge in [-0.2, -0.15) is 5.10 Å². The summed E-state index contributed by atoms with van der Waals surface area (Å²) in [4.78, 5) is 23.6. The van der Waals surface area contributed by atoms with Crippen LogP contribution in [0, 0.1) is 13.8 Å². The number of carbonyl (C=O) groups excluding carboxylic acids is 2. The van der Waals surface area contributed by atoms with E-state index in [2.05, 4.69) is 20.8 Å². The van der Waals surface area contributed by atoms with Gasteiger partial charge in [0, 0.05) is 12.2 Å². The van der Waals surface area contributed by atoms with E-state index in [-0.39, 0.29) is 11.8 Å². The number of hydrogen-bond donors (Lipinski definition) is 3. The quantitative estimate of drug-likeness (QED) is 0.720. The van der Waals surface area contributed by atoms with Gasteiger partial charge in [-0.1, -0.05) is 6.92 Å². The molecule has 1 aromatic heterocycles. The zero-order chi connectivity index (χ0) is 13.7. The van der Waals surface area contributed by atoms with E-state index in [4.69, 9.17) is 0 Å². The average Bonchev–Trinajstić information content (AvgIpc) is 2.65. The molecule has 1 rings (SSSR count). The van der Waals surface area contributed by atoms with Crippen LogP contribution in [0.25, 0.3) is 0 Å². The summed E-state index contributed by atoms with van der Waals surface area (Å²) in [5.41, 5.74) is 1.84. The van der Waals surface area contributed by atoms with Crippen LogP contribution in [0.3, 0.4) is 0 Å². The molecule has 0 radical (unpaired) electrons. The van der Waals surface area contributed by atoms with Crippen molar-refractivity contribution in [2.24, 2.45) is 0 Å². The van der Waals surface area contributed by atoms with E-state index in [0.717, 1.165) is 6.42 Å². The van der Waals surface area contributed by atoms with Gasteiger partial charge in [-0.3, -0.25) is 14.7 Å². The number of nitrogens with zero attached hydrogens (tertiary/aromatic N) is 1. The Hall–Kier alpha value is -1.85. The summed E-state index contributed by atoms with van der Waals surface area (Å²) in [5, 5.41) is 12.1. The Bertz CT molecular complexity index is 420. The van der Waals surface area contributed by atoms with Crippen LogP contribution in [0.4, 0.5) is 0 Å². The molecule has 3 N–H and O–H groups in total. The zero-order valence-electron chi connectivity index (χ0n) is 11.3. The molecular formula is C12H20N4O2. The lowest BCUT2D eigenvalue weighted by molar-refractivity contribution is -0.122. The van der Waals surface area contributed by atoms with E-state index in [1.54, 1.807) is 20.8 Å². The Balaban J connectivity index is 2.62. The van der Waals surface area contributed by atoms with Gasteiger partial charge in [-0.25, -0.2) is 0 Å². The van der Waals surface area contributed by atoms with E-state index in [1.165, 1.54) is 0 Å². The SMILES string of the molecule is CCCNC(=O)C(C)NC(=O)c1c(C)n[nH]c1C. The minimum absolute atomic E-state index is 0.177. The van der Waals surface area contributed by atoms with Crippen molar-refractivity contribution in [1.29, 1.82) is 0 Å². The molecule has 2 amide bonds. The first-order chi connectivity index (χ1) is 8.47. The van der Waals surface area contributed by atoms with Gasteiger partial charge in [-0.15, -0.1) is 0 Å². The molecule has 100 valence electrons. The third-order valence-corrected chi connectivity index (χ3v) is 2.65. The third-order valence-electron chi connectivity index (χ3n) is 2.65. The monoisotopic (exact) mass is 252 g/mol. The van der Waals surface area contributed by atoms with Gasteiger partial charge in [0.1, 0.15) is 6.04 Å². The highest BCUT2D eigenvalue weighted by molar-refractivity contribution is 5.99. The maximum absolute atomic E-state index is 12.0. The molecule has 0 saturated carbocycles. The van der Waals surface area contributed by atoms with Crippen molar-refractivity contribution >= 4 is 11.8 Å². The lowest BCUT2D eigenvalue weighted by atomic mass is 10.1. The molecule has 1 unspecified atom stereocenters. The maximum atomic E-state index is 12.0. The largest absolute Gasteiger partial charge is 0.354 e. The molecule has 18 heavy (non-hydrogen) atoms. The zero-order valence-corrected chi connectivity index (χ0v) is 11.3. The highest BCUT2D eigenvalue weighted by Crippen LogP contribution is 2.08. The van der Waals surface area contributed by atoms with Gasteiger partial charge >= 0.3 is 0 Å². The first-order valence-corrected chi connectivity index (χ1v) is 6.07. The normalized spacial score (nSPS) is 12.0. The predicted octanol–water partition coefficient (Wildman–Crippen LogP) is 0.671. The van der Waals surface area contributed by atoms with Gasteiger partial charge in [0.05, 0.1) is 11.3 Å². The number of H-pyrrole nitrogens is 1. The number of amides is 2. The van der Waals surface area contributed by atoms with Gasteiger partial charge in [-0.05, 0) is 27.2 Å². The molecule has 1 aromatic rings. The Morgan fingerprint density at radius 3 is 2.56 bits per heavy atom. The predicted molar refractivity (Wildman–Crippen MR) is 68.3 cm³/mol. The van der Waals surface area contributed by atoms with Gasteiger partial charge in [0.2, 0.25) is 5.91 Å². The number of rotatable bonds is 5. The molecule has 0 saturated heterocycles. The van der Waals surface area contributed by atoms with E-state index in [1.807, 2.05) is 6.92 Å². The fourth-order valence-corrected chi connectivity index (χ4v) is 1.62. The second kappa shape index (κ2) is 6.18. The smallest absolute Gasteiger partial charge is 0.255 e. The number of carbonyl (C=O) groups is 2. The lowest BCUT2D eigenvalue weighted by Gasteiger charge is -2.13. The number of hydrogen-bond acceptors (Lipinski definition) is 3. The molecular weight excluding hydrogens is 232 g/mol. The Morgan fingerprint density at radius 2 is 2.06 bits per heavy atom. The highest BCUT2D eigenvalue weighted by atomic mass is 16.2. The summed E-state index contributed by atoms with van der Waals surface area (Å²) in [7, 11) is 0. The van der Waals surface area contributed by atoms with Gasteiger partial charge in [0.15, 0.2) is 0 Å². The van der Waals surface area contributed by atoms with Crippen molar-refractivity contribution in [1.82, 2.24) is 20.8 Å². The van der Waals surface area contributed by atoms with Gasteiger partial charge in [0.25, 0.3) is 5.91 Å². The topological polar surface area (TPSA) is 86.9 Å². The average molecular weight is 252 g/mol. The fourth-order valence-electron chi connectivity index (χ4n) is 1.62. The fraction of sp³-hybridized carbons (Fsp3) is 0.583. The van der Waals surface area contributed by atoms with E-state index < -0.39 is 6.04 Å². The van der Waals surface area contributed by atoms with Crippen molar-refractivity contribution in [2.45, 2.75) is 40.2 Å². The molecule has 1 atom stereocenters. The van der Waals surface area contributed by atoms with E-state index in [0.29, 0.717) is 23.5 Å². The third kappa shape index (κ3) is 3.32. The summed E-state index contributed by atoms with van der Waals surface area (Å²) in [6.45, 7) is 7.77. The van der Waals surface area contributed by atoms with Crippen molar-refractivity contribution in [3.63, 3.8) is 0 Å². The van der Waals surface area contributed by atoms with Crippen molar-refractivity contribution in [2.75, 3.05) is 6.54 Å². The molecule has 0 aliphatic carbocycles. The van der Waals surface area contributed by atoms with E-state index >= 15 is 0 Å². The first kappa shape index (κ1) is 14.2. The first-order valence-electron chi connectivity index (χ1n) is 6.07. The minimum atomic E-state index is -0.558. The van der Waals surface area contributed by atoms with Crippen LogP contribution in [0.5, 0.6) is 0 Å². The van der Waals surface area contributed by atoms with Gasteiger partial charge < -0.3 is 10.6 Å². The van der Waals surface area contributed by atoms with Crippen LogP contribution < -0.4 is 10.6 Å². The lowest BCUT2D eigenvalue weighted by Crippen LogP contribution is -2.45. The molecule has 0 aromatic carbocycles. The van der Waals surface area contributed by atoms with Crippen LogP contribution in [0.1, 0.15) is 42.0 Å². The molecule has 6 nitrogen and oxygen atoms in total. The van der Waals surface area contributed by atoms with Crippen LogP contribution in [0.2, 0.25) is 0 Å². The summed E-state index contributed by atoms with van der Waals surface area (Å²) in [6, 6.07) is -0.558. The molecule has 1 heterocycles. The second-order valence-electron chi connectivity index (χ2n) is 4.30. The van der Waals surface area contributed by atoms with Crippen molar-refractivity contribution in [3.05, 3.63) is 17.0 Å². The summed E-state index contributed by atoms with van der Waals surface area (Å²) < 4.78 is 0. The summed E-state index contributed by atoms with van der Waals surface area (Å²) >= 11 is 0. The summed E-state index contributed by atoms with van der Waals surface area (Å²) in [5.74, 6) is -0.457. The van der Waals surface area contributed by atoms with E-state index in [9.17, 15) is 9.59 Å². The maximum Gasteiger partial charge on any atom is 0.255 e. The number of aromatic nitrogens is 2. The summed E-state index contributed by atoms with van der Waals surface area (Å²) in [6.07, 6.45) is 0.867. The number of nitrogens with one attached hydrogen (secondary N) is 3. The standard InChI is InChI=1S/C12H20N4O2/c1-5-6-13-11(17)9(4)14-12(18)10-7(2)15-16-8(10)3/h9H,5-6H2,1-4H3,(H,13,17)(H,14,18)(H,15,16). The molecule has 0 fully saturated rings. The highest BCUT2D eigenvalue weighted by Gasteiger charge is 2.20. The molecule has 6 heteroatoms. The molecule has 0 aliphatic heterocycles. The number of aromatic amines is 1. The minimum Gasteiger partial charge on any atom is -0.354 e. The Labute approximate surface area is 107 Å². The molecule has 0 aliphatic rings. The second-order valence-corrected chi connectivity index (χ2v) is 4.30. The van der Waals surface area contributed by atoms with Crippen LogP contribution >= 0.6 is 0 Å².